The third-order valence-corrected chi connectivity index (χ3v) is 6.64. The number of carbonyl (C=O) groups excluding carboxylic acids is 1. The summed E-state index contributed by atoms with van der Waals surface area (Å²) in [7, 11) is 0. The van der Waals surface area contributed by atoms with E-state index in [9.17, 15) is 40.7 Å². The van der Waals surface area contributed by atoms with Crippen LogP contribution in [0.1, 0.15) is 42.2 Å². The molecule has 0 saturated carbocycles. The second-order valence-electron chi connectivity index (χ2n) is 9.83. The highest BCUT2D eigenvalue weighted by Gasteiger charge is 2.37. The minimum atomic E-state index is -5.00. The van der Waals surface area contributed by atoms with Crippen LogP contribution in [0.3, 0.4) is 0 Å². The SMILES string of the molecule is NCCNC(=O)c1cc(-c2cn(-c3ccc(C(=O)O)c(C(F)(F)F)c3)nn2)nc(-c2cn(-c3ccc(C(=O)O)c(C(F)(F)F)c3)nn2)c1. The molecule has 0 aliphatic rings. The van der Waals surface area contributed by atoms with Crippen LogP contribution in [0.5, 0.6) is 0 Å². The Hall–Kier alpha value is -6.18. The van der Waals surface area contributed by atoms with E-state index in [-0.39, 0.29) is 52.8 Å². The molecular weight excluding hydrogens is 656 g/mol. The summed E-state index contributed by atoms with van der Waals surface area (Å²) in [5.41, 5.74) is 0.0940. The van der Waals surface area contributed by atoms with E-state index in [1.807, 2.05) is 0 Å². The quantitative estimate of drug-likeness (QED) is 0.166. The lowest BCUT2D eigenvalue weighted by molar-refractivity contribution is -0.138. The van der Waals surface area contributed by atoms with Crippen molar-refractivity contribution in [1.29, 1.82) is 0 Å². The van der Waals surface area contributed by atoms with Gasteiger partial charge in [-0.05, 0) is 48.5 Å². The maximum absolute atomic E-state index is 13.6. The summed E-state index contributed by atoms with van der Waals surface area (Å²) in [4.78, 5) is 39.9. The summed E-state index contributed by atoms with van der Waals surface area (Å²) in [6.45, 7) is 0.181. The van der Waals surface area contributed by atoms with E-state index in [0.717, 1.165) is 33.6 Å². The lowest BCUT2D eigenvalue weighted by Gasteiger charge is -2.12. The summed E-state index contributed by atoms with van der Waals surface area (Å²) in [5.74, 6) is -4.20. The second kappa shape index (κ2) is 12.5. The van der Waals surface area contributed by atoms with Crippen LogP contribution < -0.4 is 11.1 Å². The number of aromatic nitrogens is 7. The van der Waals surface area contributed by atoms with Crippen molar-refractivity contribution >= 4 is 17.8 Å². The number of nitrogens with two attached hydrogens (primary N) is 1. The van der Waals surface area contributed by atoms with Crippen molar-refractivity contribution in [3.63, 3.8) is 0 Å². The molecule has 5 N–H and O–H groups in total. The first kappa shape index (κ1) is 33.2. The molecule has 48 heavy (non-hydrogen) atoms. The zero-order valence-electron chi connectivity index (χ0n) is 23.8. The Labute approximate surface area is 263 Å². The van der Waals surface area contributed by atoms with Gasteiger partial charge in [0.25, 0.3) is 5.91 Å². The number of alkyl halides is 6. The Bertz CT molecular complexity index is 1920. The number of pyridine rings is 1. The fourth-order valence-corrected chi connectivity index (χ4v) is 4.42. The van der Waals surface area contributed by atoms with E-state index < -0.39 is 52.5 Å². The summed E-state index contributed by atoms with van der Waals surface area (Å²) in [6, 6.07) is 7.39. The molecule has 5 rings (SSSR count). The third-order valence-electron chi connectivity index (χ3n) is 6.64. The average Bonchev–Trinajstić information content (AvgIpc) is 3.73. The van der Waals surface area contributed by atoms with Crippen LogP contribution >= 0.6 is 0 Å². The fourth-order valence-electron chi connectivity index (χ4n) is 4.42. The monoisotopic (exact) mass is 675 g/mol. The number of rotatable bonds is 9. The Morgan fingerprint density at radius 1 is 0.708 bits per heavy atom. The van der Waals surface area contributed by atoms with Crippen LogP contribution in [0.25, 0.3) is 34.2 Å². The van der Waals surface area contributed by atoms with Crippen LogP contribution in [0.4, 0.5) is 26.3 Å². The van der Waals surface area contributed by atoms with Crippen LogP contribution in [0, 0.1) is 0 Å². The van der Waals surface area contributed by atoms with E-state index in [0.29, 0.717) is 12.1 Å². The smallest absolute Gasteiger partial charge is 0.417 e. The molecule has 0 atom stereocenters. The molecule has 0 unspecified atom stereocenters. The number of aromatic carboxylic acids is 2. The van der Waals surface area contributed by atoms with Crippen LogP contribution in [0.2, 0.25) is 0 Å². The number of nitrogens with one attached hydrogen (secondary N) is 1. The Morgan fingerprint density at radius 3 is 1.52 bits per heavy atom. The minimum absolute atomic E-state index is 0.0112. The van der Waals surface area contributed by atoms with E-state index in [1.165, 1.54) is 24.5 Å². The van der Waals surface area contributed by atoms with E-state index >= 15 is 0 Å². The summed E-state index contributed by atoms with van der Waals surface area (Å²) in [5, 5.41) is 36.4. The zero-order valence-corrected chi connectivity index (χ0v) is 23.8. The van der Waals surface area contributed by atoms with Crippen molar-refractivity contribution in [2.24, 2.45) is 5.73 Å². The predicted octanol–water partition coefficient (Wildman–Crippen LogP) is 3.70. The van der Waals surface area contributed by atoms with Crippen molar-refractivity contribution < 1.29 is 50.9 Å². The van der Waals surface area contributed by atoms with Crippen molar-refractivity contribution in [1.82, 2.24) is 40.3 Å². The number of benzene rings is 2. The Balaban J connectivity index is 1.56. The molecule has 0 fully saturated rings. The van der Waals surface area contributed by atoms with Gasteiger partial charge in [-0.3, -0.25) is 4.79 Å². The fraction of sp³-hybridized carbons (Fsp3) is 0.143. The minimum Gasteiger partial charge on any atom is -0.478 e. The van der Waals surface area contributed by atoms with Gasteiger partial charge >= 0.3 is 24.3 Å². The summed E-state index contributed by atoms with van der Waals surface area (Å²) in [6.07, 6.45) is -7.66. The molecule has 0 aliphatic heterocycles. The van der Waals surface area contributed by atoms with Gasteiger partial charge in [-0.1, -0.05) is 10.4 Å². The van der Waals surface area contributed by atoms with E-state index in [4.69, 9.17) is 15.9 Å². The van der Waals surface area contributed by atoms with Crippen molar-refractivity contribution in [3.8, 4) is 34.2 Å². The number of nitrogens with zero attached hydrogens (tertiary/aromatic N) is 7. The number of halogens is 6. The highest BCUT2D eigenvalue weighted by atomic mass is 19.4. The van der Waals surface area contributed by atoms with Crippen LogP contribution in [-0.2, 0) is 12.4 Å². The molecule has 14 nitrogen and oxygen atoms in total. The average molecular weight is 676 g/mol. The lowest BCUT2D eigenvalue weighted by atomic mass is 10.1. The van der Waals surface area contributed by atoms with E-state index in [1.54, 1.807) is 0 Å². The highest BCUT2D eigenvalue weighted by Crippen LogP contribution is 2.35. The van der Waals surface area contributed by atoms with Gasteiger partial charge in [-0.15, -0.1) is 10.2 Å². The van der Waals surface area contributed by atoms with Gasteiger partial charge in [0.2, 0.25) is 0 Å². The number of carbonyl (C=O) groups is 3. The molecular formula is C28H19F6N9O5. The maximum Gasteiger partial charge on any atom is 0.417 e. The van der Waals surface area contributed by atoms with Crippen molar-refractivity contribution in [2.45, 2.75) is 12.4 Å². The first-order valence-electron chi connectivity index (χ1n) is 13.3. The maximum atomic E-state index is 13.6. The third kappa shape index (κ3) is 6.82. The Kier molecular flexibility index (Phi) is 8.68. The number of amides is 1. The van der Waals surface area contributed by atoms with Gasteiger partial charge < -0.3 is 21.3 Å². The van der Waals surface area contributed by atoms with Crippen LogP contribution in [0.15, 0.2) is 60.9 Å². The highest BCUT2D eigenvalue weighted by molar-refractivity contribution is 5.96. The lowest BCUT2D eigenvalue weighted by Crippen LogP contribution is -2.29. The van der Waals surface area contributed by atoms with Crippen molar-refractivity contribution in [3.05, 3.63) is 88.7 Å². The molecule has 0 bridgehead atoms. The van der Waals surface area contributed by atoms with Gasteiger partial charge in [-0.2, -0.15) is 26.3 Å². The van der Waals surface area contributed by atoms with Gasteiger partial charge in [0, 0.05) is 18.7 Å². The Morgan fingerprint density at radius 2 is 1.15 bits per heavy atom. The predicted molar refractivity (Wildman–Crippen MR) is 150 cm³/mol. The largest absolute Gasteiger partial charge is 0.478 e. The van der Waals surface area contributed by atoms with Gasteiger partial charge in [0.05, 0.1) is 57.4 Å². The number of carboxylic acids is 2. The molecule has 1 amide bonds. The number of hydrogen-bond acceptors (Lipinski definition) is 9. The molecule has 20 heteroatoms. The van der Waals surface area contributed by atoms with Crippen molar-refractivity contribution in [2.75, 3.05) is 13.1 Å². The molecule has 2 aromatic carbocycles. The molecule has 3 heterocycles. The molecule has 3 aromatic heterocycles. The normalized spacial score (nSPS) is 11.8. The van der Waals surface area contributed by atoms with Gasteiger partial charge in [-0.25, -0.2) is 23.9 Å². The topological polar surface area (TPSA) is 204 Å². The number of carboxylic acid groups (broad SMARTS) is 2. The standard InChI is InChI=1S/C28H19F6N9O5/c29-27(30,31)18-9-14(1-3-16(18)25(45)46)42-11-22(38-40-42)20-7-13(24(44)36-6-5-35)8-21(37-20)23-12-43(41-39-23)15-2-4-17(26(47)48)19(10-15)28(32,33)34/h1-4,7-12H,5-6,35H2,(H,36,44)(H,45,46)(H,47,48). The number of hydrogen-bond donors (Lipinski definition) is 4. The summed E-state index contributed by atoms with van der Waals surface area (Å²) < 4.78 is 83.3. The molecule has 0 saturated heterocycles. The molecule has 5 aromatic rings. The second-order valence-corrected chi connectivity index (χ2v) is 9.83. The molecule has 0 spiro atoms. The van der Waals surface area contributed by atoms with Gasteiger partial charge in [0.1, 0.15) is 11.4 Å². The van der Waals surface area contributed by atoms with Crippen LogP contribution in [-0.4, -0.2) is 76.1 Å². The van der Waals surface area contributed by atoms with Gasteiger partial charge in [0.15, 0.2) is 0 Å². The molecule has 0 radical (unpaired) electrons. The molecule has 248 valence electrons. The molecule has 0 aliphatic carbocycles. The first-order valence-corrected chi connectivity index (χ1v) is 13.3. The van der Waals surface area contributed by atoms with E-state index in [2.05, 4.69) is 30.9 Å². The first-order chi connectivity index (χ1) is 22.6. The zero-order chi connectivity index (χ0) is 35.0. The summed E-state index contributed by atoms with van der Waals surface area (Å²) >= 11 is 0.